The Kier molecular flexibility index (Phi) is 4.49. The second-order valence-corrected chi connectivity index (χ2v) is 4.63. The van der Waals surface area contributed by atoms with Gasteiger partial charge in [-0.2, -0.15) is 0 Å². The van der Waals surface area contributed by atoms with Crippen LogP contribution in [0.15, 0.2) is 41.2 Å². The lowest BCUT2D eigenvalue weighted by Gasteiger charge is -2.12. The van der Waals surface area contributed by atoms with E-state index in [9.17, 15) is 19.1 Å². The van der Waals surface area contributed by atoms with Crippen molar-refractivity contribution in [3.05, 3.63) is 69.4 Å². The second kappa shape index (κ2) is 6.32. The summed E-state index contributed by atoms with van der Waals surface area (Å²) in [7, 11) is 0. The molecule has 1 amide bonds. The van der Waals surface area contributed by atoms with E-state index in [4.69, 9.17) is 0 Å². The first kappa shape index (κ1) is 14.9. The number of halogens is 1. The van der Waals surface area contributed by atoms with Crippen LogP contribution < -0.4 is 10.9 Å². The van der Waals surface area contributed by atoms with Gasteiger partial charge in [-0.05, 0) is 25.1 Å². The molecule has 5 nitrogen and oxygen atoms in total. The summed E-state index contributed by atoms with van der Waals surface area (Å²) in [6.07, 6.45) is -1.18. The Hall–Kier alpha value is -2.47. The van der Waals surface area contributed by atoms with E-state index in [-0.39, 0.29) is 17.7 Å². The quantitative estimate of drug-likeness (QED) is 0.793. The highest BCUT2D eigenvalue weighted by Crippen LogP contribution is 2.15. The van der Waals surface area contributed by atoms with Gasteiger partial charge in [-0.3, -0.25) is 9.59 Å². The predicted octanol–water partition coefficient (Wildman–Crippen LogP) is 1.29. The molecule has 0 saturated carbocycles. The molecular formula is C15H15FN2O3. The van der Waals surface area contributed by atoms with Crippen LogP contribution in [0.3, 0.4) is 0 Å². The van der Waals surface area contributed by atoms with E-state index in [1.807, 2.05) is 0 Å². The summed E-state index contributed by atoms with van der Waals surface area (Å²) in [6.45, 7) is 1.51. The fourth-order valence-electron chi connectivity index (χ4n) is 1.89. The lowest BCUT2D eigenvalue weighted by atomic mass is 10.1. The lowest BCUT2D eigenvalue weighted by Crippen LogP contribution is -2.32. The normalized spacial score (nSPS) is 12.0. The minimum absolute atomic E-state index is 0.0543. The first-order valence-corrected chi connectivity index (χ1v) is 6.39. The Morgan fingerprint density at radius 3 is 2.71 bits per heavy atom. The van der Waals surface area contributed by atoms with Crippen molar-refractivity contribution >= 4 is 5.91 Å². The van der Waals surface area contributed by atoms with Gasteiger partial charge in [0.2, 0.25) is 0 Å². The van der Waals surface area contributed by atoms with Crippen molar-refractivity contribution in [3.8, 4) is 0 Å². The fraction of sp³-hybridized carbons (Fsp3) is 0.200. The van der Waals surface area contributed by atoms with Crippen molar-refractivity contribution in [2.24, 2.45) is 0 Å². The Morgan fingerprint density at radius 1 is 1.33 bits per heavy atom. The van der Waals surface area contributed by atoms with Gasteiger partial charge in [-0.15, -0.1) is 0 Å². The van der Waals surface area contributed by atoms with Gasteiger partial charge in [0.05, 0.1) is 6.10 Å². The number of carbonyl (C=O) groups is 1. The molecule has 0 saturated heterocycles. The van der Waals surface area contributed by atoms with E-state index < -0.39 is 23.4 Å². The zero-order valence-electron chi connectivity index (χ0n) is 11.4. The van der Waals surface area contributed by atoms with E-state index in [2.05, 4.69) is 10.3 Å². The number of H-pyrrole nitrogens is 1. The molecule has 0 bridgehead atoms. The molecule has 3 N–H and O–H groups in total. The minimum atomic E-state index is -1.18. The number of benzene rings is 1. The van der Waals surface area contributed by atoms with E-state index in [1.54, 1.807) is 19.1 Å². The van der Waals surface area contributed by atoms with Crippen molar-refractivity contribution in [3.63, 3.8) is 0 Å². The first-order valence-electron chi connectivity index (χ1n) is 6.39. The highest BCUT2D eigenvalue weighted by atomic mass is 19.1. The molecule has 0 aliphatic carbocycles. The van der Waals surface area contributed by atoms with Gasteiger partial charge in [-0.25, -0.2) is 4.39 Å². The smallest absolute Gasteiger partial charge is 0.260 e. The van der Waals surface area contributed by atoms with Gasteiger partial charge in [-0.1, -0.05) is 18.2 Å². The topological polar surface area (TPSA) is 82.2 Å². The number of aromatic nitrogens is 1. The van der Waals surface area contributed by atoms with Crippen LogP contribution in [0, 0.1) is 12.7 Å². The van der Waals surface area contributed by atoms with Crippen LogP contribution in [0.1, 0.15) is 27.7 Å². The molecule has 1 heterocycles. The van der Waals surface area contributed by atoms with E-state index >= 15 is 0 Å². The van der Waals surface area contributed by atoms with Crippen LogP contribution in [-0.4, -0.2) is 22.5 Å². The van der Waals surface area contributed by atoms with Gasteiger partial charge >= 0.3 is 0 Å². The third-order valence-corrected chi connectivity index (χ3v) is 3.02. The van der Waals surface area contributed by atoms with E-state index in [1.165, 1.54) is 24.3 Å². The number of aliphatic hydroxyl groups excluding tert-OH is 1. The van der Waals surface area contributed by atoms with Crippen LogP contribution in [0.2, 0.25) is 0 Å². The Bertz CT molecular complexity index is 712. The number of pyridine rings is 1. The Morgan fingerprint density at radius 2 is 2.05 bits per heavy atom. The number of amides is 1. The summed E-state index contributed by atoms with van der Waals surface area (Å²) >= 11 is 0. The lowest BCUT2D eigenvalue weighted by molar-refractivity contribution is 0.0912. The number of aromatic amines is 1. The van der Waals surface area contributed by atoms with Crippen molar-refractivity contribution in [2.45, 2.75) is 13.0 Å². The standard InChI is InChI=1S/C15H15FN2O3/c1-9-6-7-11(15(21)18-9)14(20)17-8-13(19)10-4-2-3-5-12(10)16/h2-7,13,19H,8H2,1H3,(H,17,20)(H,18,21). The van der Waals surface area contributed by atoms with Crippen LogP contribution in [-0.2, 0) is 0 Å². The molecule has 6 heteroatoms. The summed E-state index contributed by atoms with van der Waals surface area (Å²) in [6, 6.07) is 8.77. The number of aliphatic hydroxyl groups is 1. The number of nitrogens with one attached hydrogen (secondary N) is 2. The third-order valence-electron chi connectivity index (χ3n) is 3.02. The summed E-state index contributed by atoms with van der Waals surface area (Å²) in [5.74, 6) is -1.17. The molecule has 1 unspecified atom stereocenters. The molecule has 1 aromatic heterocycles. The molecular weight excluding hydrogens is 275 g/mol. The first-order chi connectivity index (χ1) is 9.99. The third kappa shape index (κ3) is 3.55. The molecule has 2 rings (SSSR count). The van der Waals surface area contributed by atoms with Crippen LogP contribution in [0.5, 0.6) is 0 Å². The maximum atomic E-state index is 13.5. The van der Waals surface area contributed by atoms with Crippen molar-refractivity contribution in [1.29, 1.82) is 0 Å². The molecule has 1 atom stereocenters. The summed E-state index contributed by atoms with van der Waals surface area (Å²) in [4.78, 5) is 26.0. The molecule has 0 fully saturated rings. The zero-order chi connectivity index (χ0) is 15.4. The molecule has 110 valence electrons. The van der Waals surface area contributed by atoms with Gasteiger partial charge in [0, 0.05) is 17.8 Å². The molecule has 0 aliphatic heterocycles. The molecule has 0 aliphatic rings. The fourth-order valence-corrected chi connectivity index (χ4v) is 1.89. The summed E-state index contributed by atoms with van der Waals surface area (Å²) in [5.41, 5.74) is 0.174. The molecule has 1 aromatic carbocycles. The molecule has 2 aromatic rings. The monoisotopic (exact) mass is 290 g/mol. The number of rotatable bonds is 4. The number of aryl methyl sites for hydroxylation is 1. The zero-order valence-corrected chi connectivity index (χ0v) is 11.4. The average molecular weight is 290 g/mol. The molecule has 0 spiro atoms. The van der Waals surface area contributed by atoms with Gasteiger partial charge < -0.3 is 15.4 Å². The largest absolute Gasteiger partial charge is 0.386 e. The van der Waals surface area contributed by atoms with Gasteiger partial charge in [0.1, 0.15) is 11.4 Å². The maximum absolute atomic E-state index is 13.5. The average Bonchev–Trinajstić information content (AvgIpc) is 2.45. The van der Waals surface area contributed by atoms with Gasteiger partial charge in [0.25, 0.3) is 11.5 Å². The Balaban J connectivity index is 2.04. The summed E-state index contributed by atoms with van der Waals surface area (Å²) in [5, 5.41) is 12.3. The summed E-state index contributed by atoms with van der Waals surface area (Å²) < 4.78 is 13.5. The van der Waals surface area contributed by atoms with Gasteiger partial charge in [0.15, 0.2) is 0 Å². The molecule has 0 radical (unpaired) electrons. The van der Waals surface area contributed by atoms with Crippen molar-refractivity contribution < 1.29 is 14.3 Å². The second-order valence-electron chi connectivity index (χ2n) is 4.63. The Labute approximate surface area is 120 Å². The minimum Gasteiger partial charge on any atom is -0.386 e. The maximum Gasteiger partial charge on any atom is 0.260 e. The van der Waals surface area contributed by atoms with Crippen LogP contribution >= 0.6 is 0 Å². The molecule has 21 heavy (non-hydrogen) atoms. The van der Waals surface area contributed by atoms with Crippen LogP contribution in [0.25, 0.3) is 0 Å². The number of hydrogen-bond donors (Lipinski definition) is 3. The van der Waals surface area contributed by atoms with Crippen molar-refractivity contribution in [2.75, 3.05) is 6.54 Å². The highest BCUT2D eigenvalue weighted by Gasteiger charge is 2.15. The van der Waals surface area contributed by atoms with E-state index in [0.29, 0.717) is 5.69 Å². The van der Waals surface area contributed by atoms with Crippen molar-refractivity contribution in [1.82, 2.24) is 10.3 Å². The SMILES string of the molecule is Cc1ccc(C(=O)NCC(O)c2ccccc2F)c(=O)[nH]1. The predicted molar refractivity (Wildman–Crippen MR) is 75.5 cm³/mol. The van der Waals surface area contributed by atoms with Crippen LogP contribution in [0.4, 0.5) is 4.39 Å². The highest BCUT2D eigenvalue weighted by molar-refractivity contribution is 5.93. The number of carbonyl (C=O) groups excluding carboxylic acids is 1. The number of hydrogen-bond acceptors (Lipinski definition) is 3. The van der Waals surface area contributed by atoms with E-state index in [0.717, 1.165) is 0 Å².